The van der Waals surface area contributed by atoms with Crippen molar-refractivity contribution in [1.29, 1.82) is 0 Å². The van der Waals surface area contributed by atoms with E-state index in [0.29, 0.717) is 17.9 Å². The zero-order valence-electron chi connectivity index (χ0n) is 15.0. The van der Waals surface area contributed by atoms with Gasteiger partial charge in [-0.25, -0.2) is 5.43 Å². The van der Waals surface area contributed by atoms with Gasteiger partial charge in [-0.05, 0) is 65.2 Å². The third kappa shape index (κ3) is 4.39. The number of hydrazone groups is 1. The van der Waals surface area contributed by atoms with Crippen LogP contribution in [-0.4, -0.2) is 25.8 Å². The van der Waals surface area contributed by atoms with Gasteiger partial charge in [0.25, 0.3) is 5.91 Å². The molecule has 0 aliphatic heterocycles. The van der Waals surface area contributed by atoms with Gasteiger partial charge in [0.2, 0.25) is 0 Å². The molecule has 0 saturated heterocycles. The second-order valence-corrected chi connectivity index (χ2v) is 6.84. The molecule has 0 bridgehead atoms. The highest BCUT2D eigenvalue weighted by Gasteiger charge is 2.09. The van der Waals surface area contributed by atoms with E-state index < -0.39 is 0 Å². The van der Waals surface area contributed by atoms with Crippen molar-refractivity contribution in [2.45, 2.75) is 6.92 Å². The predicted molar refractivity (Wildman–Crippen MR) is 116 cm³/mol. The van der Waals surface area contributed by atoms with Gasteiger partial charge >= 0.3 is 0 Å². The third-order valence-corrected chi connectivity index (χ3v) is 4.89. The van der Waals surface area contributed by atoms with Gasteiger partial charge in [0.1, 0.15) is 11.5 Å². The zero-order valence-corrected chi connectivity index (χ0v) is 17.2. The Morgan fingerprint density at radius 1 is 1.11 bits per heavy atom. The molecule has 0 aliphatic carbocycles. The summed E-state index contributed by atoms with van der Waals surface area (Å²) in [6.07, 6.45) is 1.64. The second-order valence-electron chi connectivity index (χ2n) is 5.68. The lowest BCUT2D eigenvalue weighted by molar-refractivity contribution is 0.0954. The van der Waals surface area contributed by atoms with Crippen LogP contribution >= 0.6 is 22.6 Å². The Labute approximate surface area is 171 Å². The molecule has 0 saturated carbocycles. The first-order valence-corrected chi connectivity index (χ1v) is 9.53. The predicted octanol–water partition coefficient (Wildman–Crippen LogP) is 4.62. The largest absolute Gasteiger partial charge is 0.496 e. The number of rotatable bonds is 6. The number of nitrogens with one attached hydrogen (secondary N) is 1. The van der Waals surface area contributed by atoms with E-state index in [0.717, 1.165) is 25.7 Å². The smallest absolute Gasteiger partial charge is 0.271 e. The summed E-state index contributed by atoms with van der Waals surface area (Å²) in [5.41, 5.74) is 3.95. The molecule has 0 heterocycles. The van der Waals surface area contributed by atoms with E-state index in [4.69, 9.17) is 9.47 Å². The first kappa shape index (κ1) is 19.2. The third-order valence-electron chi connectivity index (χ3n) is 4.00. The van der Waals surface area contributed by atoms with E-state index in [1.165, 1.54) is 0 Å². The summed E-state index contributed by atoms with van der Waals surface area (Å²) in [7, 11) is 1.58. The van der Waals surface area contributed by atoms with Crippen molar-refractivity contribution in [2.75, 3.05) is 13.7 Å². The number of halogens is 1. The van der Waals surface area contributed by atoms with Crippen LogP contribution in [0.15, 0.2) is 59.7 Å². The summed E-state index contributed by atoms with van der Waals surface area (Å²) in [6, 6.07) is 17.1. The summed E-state index contributed by atoms with van der Waals surface area (Å²) in [5.74, 6) is 1.20. The molecular weight excluding hydrogens is 455 g/mol. The number of hydrogen-bond acceptors (Lipinski definition) is 4. The van der Waals surface area contributed by atoms with Gasteiger partial charge in [0.15, 0.2) is 0 Å². The maximum absolute atomic E-state index is 12.3. The Balaban J connectivity index is 1.80. The van der Waals surface area contributed by atoms with Crippen LogP contribution in [0.5, 0.6) is 11.5 Å². The van der Waals surface area contributed by atoms with Crippen LogP contribution in [0.1, 0.15) is 22.8 Å². The SMILES string of the molecule is CCOc1ccc(/C=N/NC(=O)c2ccc(I)c(OC)c2)c2ccccc12. The number of methoxy groups -OCH3 is 1. The van der Waals surface area contributed by atoms with E-state index >= 15 is 0 Å². The summed E-state index contributed by atoms with van der Waals surface area (Å²) in [4.78, 5) is 12.3. The highest BCUT2D eigenvalue weighted by Crippen LogP contribution is 2.28. The fourth-order valence-corrected chi connectivity index (χ4v) is 3.27. The van der Waals surface area contributed by atoms with Gasteiger partial charge in [-0.2, -0.15) is 5.10 Å². The number of carbonyl (C=O) groups is 1. The molecule has 3 aromatic carbocycles. The Bertz CT molecular complexity index is 1000. The average molecular weight is 474 g/mol. The van der Waals surface area contributed by atoms with Crippen LogP contribution in [-0.2, 0) is 0 Å². The standard InChI is InChI=1S/C21H19IN2O3/c1-3-27-19-11-9-15(16-6-4-5-7-17(16)19)13-23-24-21(25)14-8-10-18(22)20(12-14)26-2/h4-13H,3H2,1-2H3,(H,24,25)/b23-13+. The first-order chi connectivity index (χ1) is 13.1. The van der Waals surface area contributed by atoms with Gasteiger partial charge in [-0.1, -0.05) is 24.3 Å². The molecular formula is C21H19IN2O3. The summed E-state index contributed by atoms with van der Waals surface area (Å²) < 4.78 is 11.9. The molecule has 0 aromatic heterocycles. The lowest BCUT2D eigenvalue weighted by Crippen LogP contribution is -2.17. The second kappa shape index (κ2) is 8.85. The van der Waals surface area contributed by atoms with Crippen LogP contribution in [0, 0.1) is 3.57 Å². The van der Waals surface area contributed by atoms with E-state index in [1.54, 1.807) is 25.5 Å². The number of nitrogens with zero attached hydrogens (tertiary/aromatic N) is 1. The number of carbonyl (C=O) groups excluding carboxylic acids is 1. The monoisotopic (exact) mass is 474 g/mol. The maximum atomic E-state index is 12.3. The van der Waals surface area contributed by atoms with Crippen molar-refractivity contribution in [3.63, 3.8) is 0 Å². The Hall–Kier alpha value is -2.61. The summed E-state index contributed by atoms with van der Waals surface area (Å²) in [5, 5.41) is 6.14. The molecule has 1 amide bonds. The molecule has 6 heteroatoms. The Morgan fingerprint density at radius 3 is 2.63 bits per heavy atom. The molecule has 3 aromatic rings. The van der Waals surface area contributed by atoms with Crippen molar-refractivity contribution in [3.8, 4) is 11.5 Å². The van der Waals surface area contributed by atoms with Crippen molar-refractivity contribution in [1.82, 2.24) is 5.43 Å². The molecule has 0 spiro atoms. The van der Waals surface area contributed by atoms with Crippen LogP contribution in [0.3, 0.4) is 0 Å². The molecule has 0 unspecified atom stereocenters. The summed E-state index contributed by atoms with van der Waals surface area (Å²) in [6.45, 7) is 2.56. The summed E-state index contributed by atoms with van der Waals surface area (Å²) >= 11 is 2.16. The minimum absolute atomic E-state index is 0.295. The van der Waals surface area contributed by atoms with Crippen LogP contribution in [0.4, 0.5) is 0 Å². The number of hydrogen-bond donors (Lipinski definition) is 1. The lowest BCUT2D eigenvalue weighted by atomic mass is 10.0. The van der Waals surface area contributed by atoms with Gasteiger partial charge < -0.3 is 9.47 Å². The highest BCUT2D eigenvalue weighted by molar-refractivity contribution is 14.1. The van der Waals surface area contributed by atoms with Crippen molar-refractivity contribution >= 4 is 45.5 Å². The average Bonchev–Trinajstić information content (AvgIpc) is 2.70. The van der Waals surface area contributed by atoms with Crippen LogP contribution in [0.25, 0.3) is 10.8 Å². The highest BCUT2D eigenvalue weighted by atomic mass is 127. The quantitative estimate of drug-likeness (QED) is 0.323. The van der Waals surface area contributed by atoms with Crippen molar-refractivity contribution in [3.05, 3.63) is 69.3 Å². The van der Waals surface area contributed by atoms with Gasteiger partial charge in [0.05, 0.1) is 23.5 Å². The van der Waals surface area contributed by atoms with E-state index in [1.807, 2.05) is 49.4 Å². The van der Waals surface area contributed by atoms with E-state index in [2.05, 4.69) is 33.1 Å². The molecule has 0 fully saturated rings. The van der Waals surface area contributed by atoms with Crippen molar-refractivity contribution in [2.24, 2.45) is 5.10 Å². The molecule has 1 N–H and O–H groups in total. The molecule has 5 nitrogen and oxygen atoms in total. The molecule has 0 atom stereocenters. The molecule has 27 heavy (non-hydrogen) atoms. The minimum atomic E-state index is -0.295. The number of benzene rings is 3. The van der Waals surface area contributed by atoms with Gasteiger partial charge in [-0.15, -0.1) is 0 Å². The number of ether oxygens (including phenoxy) is 2. The molecule has 0 aliphatic rings. The van der Waals surface area contributed by atoms with Gasteiger partial charge in [0, 0.05) is 16.5 Å². The normalized spacial score (nSPS) is 10.9. The molecule has 0 radical (unpaired) electrons. The fourth-order valence-electron chi connectivity index (χ4n) is 2.71. The molecule has 138 valence electrons. The van der Waals surface area contributed by atoms with E-state index in [9.17, 15) is 4.79 Å². The topological polar surface area (TPSA) is 59.9 Å². The number of fused-ring (bicyclic) bond motifs is 1. The molecule has 3 rings (SSSR count). The number of amides is 1. The maximum Gasteiger partial charge on any atom is 0.271 e. The Morgan fingerprint density at radius 2 is 1.89 bits per heavy atom. The lowest BCUT2D eigenvalue weighted by Gasteiger charge is -2.09. The van der Waals surface area contributed by atoms with Crippen LogP contribution in [0.2, 0.25) is 0 Å². The minimum Gasteiger partial charge on any atom is -0.496 e. The Kier molecular flexibility index (Phi) is 6.28. The zero-order chi connectivity index (χ0) is 19.2. The van der Waals surface area contributed by atoms with Crippen LogP contribution < -0.4 is 14.9 Å². The first-order valence-electron chi connectivity index (χ1n) is 8.45. The van der Waals surface area contributed by atoms with Gasteiger partial charge in [-0.3, -0.25) is 4.79 Å². The fraction of sp³-hybridized carbons (Fsp3) is 0.143. The van der Waals surface area contributed by atoms with Crippen molar-refractivity contribution < 1.29 is 14.3 Å². The van der Waals surface area contributed by atoms with E-state index in [-0.39, 0.29) is 5.91 Å².